The number of anilines is 1. The lowest BCUT2D eigenvalue weighted by Crippen LogP contribution is -2.42. The zero-order chi connectivity index (χ0) is 27.8. The van der Waals surface area contributed by atoms with E-state index in [0.29, 0.717) is 11.4 Å². The van der Waals surface area contributed by atoms with Gasteiger partial charge >= 0.3 is 4.87 Å². The van der Waals surface area contributed by atoms with Crippen molar-refractivity contribution in [2.45, 2.75) is 22.6 Å². The number of fused-ring (bicyclic) bond motifs is 9. The van der Waals surface area contributed by atoms with E-state index in [2.05, 4.69) is 17.1 Å². The number of aromatic amines is 1. The number of benzene rings is 3. The van der Waals surface area contributed by atoms with Crippen LogP contribution in [0.5, 0.6) is 17.2 Å². The van der Waals surface area contributed by atoms with Crippen LogP contribution in [0.3, 0.4) is 0 Å². The topological polar surface area (TPSA) is 88.7 Å². The number of imide groups is 1. The molecule has 3 heterocycles. The van der Waals surface area contributed by atoms with Gasteiger partial charge in [-0.1, -0.05) is 41.7 Å². The SMILES string of the molecule is COc1ccc(N2C(=O)[C@H]3[C@H]4C[C@@H]([C@@H]3C2=O)[C@H]2[C@H](c3cccc(Oc5ccccc5)c3)c3sc(=O)[nH]c3S[C@H]42)cc1. The van der Waals surface area contributed by atoms with Gasteiger partial charge in [-0.05, 0) is 78.3 Å². The lowest BCUT2D eigenvalue weighted by molar-refractivity contribution is -0.123. The number of para-hydroxylation sites is 1. The highest BCUT2D eigenvalue weighted by molar-refractivity contribution is 8.00. The molecule has 2 saturated carbocycles. The summed E-state index contributed by atoms with van der Waals surface area (Å²) in [7, 11) is 1.59. The van der Waals surface area contributed by atoms with Gasteiger partial charge in [0.1, 0.15) is 17.2 Å². The highest BCUT2D eigenvalue weighted by atomic mass is 32.2. The van der Waals surface area contributed by atoms with Gasteiger partial charge in [0.15, 0.2) is 0 Å². The highest BCUT2D eigenvalue weighted by Crippen LogP contribution is 2.68. The summed E-state index contributed by atoms with van der Waals surface area (Å²) in [5.41, 5.74) is 1.66. The van der Waals surface area contributed by atoms with Gasteiger partial charge in [-0.2, -0.15) is 0 Å². The van der Waals surface area contributed by atoms with Gasteiger partial charge in [-0.15, -0.1) is 11.8 Å². The second-order valence-electron chi connectivity index (χ2n) is 11.2. The van der Waals surface area contributed by atoms with Crippen LogP contribution in [0.4, 0.5) is 5.69 Å². The number of H-pyrrole nitrogens is 1. The van der Waals surface area contributed by atoms with E-state index in [1.54, 1.807) is 43.1 Å². The second-order valence-corrected chi connectivity index (χ2v) is 13.4. The first kappa shape index (κ1) is 24.9. The molecule has 4 aliphatic rings. The first-order valence-electron chi connectivity index (χ1n) is 13.8. The molecule has 3 fully saturated rings. The summed E-state index contributed by atoms with van der Waals surface area (Å²) in [4.78, 5) is 45.8. The third-order valence-corrected chi connectivity index (χ3v) is 11.8. The zero-order valence-corrected chi connectivity index (χ0v) is 23.7. The fourth-order valence-corrected chi connectivity index (χ4v) is 10.7. The quantitative estimate of drug-likeness (QED) is 0.294. The molecule has 4 aromatic rings. The van der Waals surface area contributed by atoms with E-state index < -0.39 is 0 Å². The van der Waals surface area contributed by atoms with Crippen molar-refractivity contribution in [3.63, 3.8) is 0 Å². The van der Waals surface area contributed by atoms with Gasteiger partial charge in [0.05, 0.1) is 29.7 Å². The number of rotatable bonds is 5. The standard InChI is InChI=1S/C32H26N2O5S2/c1-38-18-12-10-17(11-13-18)34-30(35)25-21-15-22(26(25)31(34)36)27-24(21)23(28-29(40-27)33-32(37)41-28)16-6-5-9-20(14-16)39-19-7-3-2-4-8-19/h2-14,21-27H,15H2,1H3,(H,33,37)/t21-,22-,23+,24+,25+,26+,27-/m1/s1. The molecular formula is C32H26N2O5S2. The van der Waals surface area contributed by atoms with Crippen molar-refractivity contribution in [1.29, 1.82) is 0 Å². The summed E-state index contributed by atoms with van der Waals surface area (Å²) in [5, 5.41) is 1.03. The average Bonchev–Trinajstić information content (AvgIpc) is 3.72. The number of aromatic nitrogens is 1. The summed E-state index contributed by atoms with van der Waals surface area (Å²) < 4.78 is 11.4. The fourth-order valence-electron chi connectivity index (χ4n) is 7.77. The number of nitrogens with zero attached hydrogens (tertiary/aromatic N) is 1. The Hall–Kier alpha value is -3.82. The Bertz CT molecular complexity index is 1730. The molecule has 7 nitrogen and oxygen atoms in total. The summed E-state index contributed by atoms with van der Waals surface area (Å²) in [6.45, 7) is 0. The average molecular weight is 583 g/mol. The lowest BCUT2D eigenvalue weighted by atomic mass is 9.68. The van der Waals surface area contributed by atoms with E-state index >= 15 is 0 Å². The molecule has 7 atom stereocenters. The van der Waals surface area contributed by atoms with Crippen LogP contribution >= 0.6 is 23.1 Å². The van der Waals surface area contributed by atoms with E-state index in [4.69, 9.17) is 9.47 Å². The molecule has 9 heteroatoms. The number of ether oxygens (including phenoxy) is 2. The van der Waals surface area contributed by atoms with E-state index in [9.17, 15) is 14.4 Å². The van der Waals surface area contributed by atoms with Crippen molar-refractivity contribution in [2.75, 3.05) is 12.0 Å². The van der Waals surface area contributed by atoms with Crippen molar-refractivity contribution < 1.29 is 19.1 Å². The first-order valence-corrected chi connectivity index (χ1v) is 15.5. The zero-order valence-electron chi connectivity index (χ0n) is 22.1. The van der Waals surface area contributed by atoms with Crippen molar-refractivity contribution in [1.82, 2.24) is 4.98 Å². The smallest absolute Gasteiger partial charge is 0.305 e. The molecule has 0 radical (unpaired) electrons. The minimum atomic E-state index is -0.347. The molecule has 1 aromatic heterocycles. The third kappa shape index (κ3) is 3.75. The minimum absolute atomic E-state index is 0.0521. The van der Waals surface area contributed by atoms with Gasteiger partial charge in [-0.3, -0.25) is 19.3 Å². The Kier molecular flexibility index (Phi) is 5.69. The Balaban J connectivity index is 1.18. The molecule has 3 aromatic carbocycles. The van der Waals surface area contributed by atoms with E-state index in [1.807, 2.05) is 42.5 Å². The van der Waals surface area contributed by atoms with Gasteiger partial charge < -0.3 is 14.5 Å². The fraction of sp³-hybridized carbons (Fsp3) is 0.281. The molecule has 2 aliphatic heterocycles. The maximum atomic E-state index is 14.0. The van der Waals surface area contributed by atoms with E-state index in [1.165, 1.54) is 16.2 Å². The minimum Gasteiger partial charge on any atom is -0.497 e. The van der Waals surface area contributed by atoms with Gasteiger partial charge in [0.2, 0.25) is 11.8 Å². The van der Waals surface area contributed by atoms with Gasteiger partial charge in [0, 0.05) is 16.0 Å². The van der Waals surface area contributed by atoms with Crippen LogP contribution in [0.15, 0.2) is 88.7 Å². The Morgan fingerprint density at radius 1 is 0.829 bits per heavy atom. The Morgan fingerprint density at radius 2 is 1.56 bits per heavy atom. The number of carbonyl (C=O) groups excluding carboxylic acids is 2. The molecule has 8 rings (SSSR count). The number of thioether (sulfide) groups is 1. The number of hydrogen-bond donors (Lipinski definition) is 1. The van der Waals surface area contributed by atoms with Crippen LogP contribution in [-0.2, 0) is 9.59 Å². The van der Waals surface area contributed by atoms with Gasteiger partial charge in [-0.25, -0.2) is 0 Å². The summed E-state index contributed by atoms with van der Waals surface area (Å²) in [5.74, 6) is 1.47. The number of methoxy groups -OCH3 is 1. The summed E-state index contributed by atoms with van der Waals surface area (Å²) >= 11 is 2.96. The lowest BCUT2D eigenvalue weighted by Gasteiger charge is -2.43. The number of nitrogens with one attached hydrogen (secondary N) is 1. The maximum absolute atomic E-state index is 14.0. The van der Waals surface area contributed by atoms with Crippen molar-refractivity contribution in [2.24, 2.45) is 29.6 Å². The van der Waals surface area contributed by atoms with E-state index in [0.717, 1.165) is 33.4 Å². The molecule has 206 valence electrons. The molecule has 1 saturated heterocycles. The predicted octanol–water partition coefficient (Wildman–Crippen LogP) is 5.92. The summed E-state index contributed by atoms with van der Waals surface area (Å²) in [6, 6.07) is 24.9. The molecule has 1 N–H and O–H groups in total. The van der Waals surface area contributed by atoms with Crippen molar-refractivity contribution in [3.05, 3.63) is 99.0 Å². The monoisotopic (exact) mass is 582 g/mol. The molecule has 0 unspecified atom stereocenters. The molecular weight excluding hydrogens is 556 g/mol. The van der Waals surface area contributed by atoms with Crippen LogP contribution in [0.1, 0.15) is 22.8 Å². The Morgan fingerprint density at radius 3 is 2.32 bits per heavy atom. The highest BCUT2D eigenvalue weighted by Gasteiger charge is 2.69. The summed E-state index contributed by atoms with van der Waals surface area (Å²) in [6.07, 6.45) is 0.849. The maximum Gasteiger partial charge on any atom is 0.305 e. The molecule has 41 heavy (non-hydrogen) atoms. The van der Waals surface area contributed by atoms with Crippen molar-refractivity contribution in [3.8, 4) is 17.2 Å². The van der Waals surface area contributed by atoms with Crippen LogP contribution in [-0.4, -0.2) is 29.2 Å². The largest absolute Gasteiger partial charge is 0.497 e. The normalized spacial score (nSPS) is 29.3. The number of amides is 2. The number of hydrogen-bond acceptors (Lipinski definition) is 7. The Labute approximate surface area is 244 Å². The van der Waals surface area contributed by atoms with Crippen LogP contribution in [0.2, 0.25) is 0 Å². The number of thiazole rings is 1. The predicted molar refractivity (Wildman–Crippen MR) is 157 cm³/mol. The van der Waals surface area contributed by atoms with Crippen molar-refractivity contribution >= 4 is 40.6 Å². The van der Waals surface area contributed by atoms with E-state index in [-0.39, 0.29) is 57.4 Å². The van der Waals surface area contributed by atoms with Gasteiger partial charge in [0.25, 0.3) is 0 Å². The second kappa shape index (κ2) is 9.36. The molecule has 2 bridgehead atoms. The van der Waals surface area contributed by atoms with Crippen LogP contribution in [0, 0.1) is 29.6 Å². The first-order chi connectivity index (χ1) is 20.0. The van der Waals surface area contributed by atoms with Crippen LogP contribution in [0.25, 0.3) is 0 Å². The molecule has 0 spiro atoms. The molecule has 2 amide bonds. The number of carbonyl (C=O) groups is 2. The molecule has 2 aliphatic carbocycles. The third-order valence-electron chi connectivity index (χ3n) is 9.25. The van der Waals surface area contributed by atoms with Crippen LogP contribution < -0.4 is 19.2 Å².